The fourth-order valence-corrected chi connectivity index (χ4v) is 1.26. The average Bonchev–Trinajstić information content (AvgIpc) is 1.80. The van der Waals surface area contributed by atoms with Gasteiger partial charge in [0.05, 0.1) is 0 Å². The van der Waals surface area contributed by atoms with Crippen LogP contribution < -0.4 is 0 Å². The van der Waals surface area contributed by atoms with Crippen LogP contribution in [0.1, 0.15) is 32.6 Å². The van der Waals surface area contributed by atoms with Crippen molar-refractivity contribution >= 4 is 8.03 Å². The molecule has 0 fully saturated rings. The molecule has 0 aliphatic rings. The molecule has 0 radical (unpaired) electrons. The third-order valence-electron chi connectivity index (χ3n) is 1.24. The molecule has 0 amide bonds. The first-order valence-corrected chi connectivity index (χ1v) is 5.05. The second-order valence-electron chi connectivity index (χ2n) is 2.20. The smallest absolute Gasteiger partial charge is 0.189 e. The second-order valence-corrected chi connectivity index (χ2v) is 3.49. The minimum absolute atomic E-state index is 0. The SMILES string of the molecule is CCCCCC[PH](=O)O.[Nd]. The van der Waals surface area contributed by atoms with Gasteiger partial charge in [-0.1, -0.05) is 26.2 Å². The molecule has 1 unspecified atom stereocenters. The van der Waals surface area contributed by atoms with Crippen molar-refractivity contribution < 1.29 is 50.3 Å². The molecular formula is C6H15NdO2P. The van der Waals surface area contributed by atoms with E-state index in [9.17, 15) is 4.57 Å². The predicted octanol–water partition coefficient (Wildman–Crippen LogP) is 2.03. The topological polar surface area (TPSA) is 37.3 Å². The van der Waals surface area contributed by atoms with Gasteiger partial charge in [0.2, 0.25) is 0 Å². The van der Waals surface area contributed by atoms with Crippen LogP contribution in [0.2, 0.25) is 0 Å². The van der Waals surface area contributed by atoms with Crippen molar-refractivity contribution in [1.29, 1.82) is 0 Å². The Kier molecular flexibility index (Phi) is 14.8. The Morgan fingerprint density at radius 2 is 1.90 bits per heavy atom. The summed E-state index contributed by atoms with van der Waals surface area (Å²) in [6.45, 7) is 2.13. The minimum Gasteiger partial charge on any atom is -0.346 e. The van der Waals surface area contributed by atoms with Crippen molar-refractivity contribution in [3.05, 3.63) is 0 Å². The van der Waals surface area contributed by atoms with Crippen LogP contribution in [-0.4, -0.2) is 11.1 Å². The molecule has 10 heavy (non-hydrogen) atoms. The summed E-state index contributed by atoms with van der Waals surface area (Å²) in [6.07, 6.45) is 4.92. The van der Waals surface area contributed by atoms with Gasteiger partial charge in [0.25, 0.3) is 0 Å². The van der Waals surface area contributed by atoms with Crippen LogP contribution in [0.4, 0.5) is 0 Å². The Hall–Kier alpha value is 1.54. The summed E-state index contributed by atoms with van der Waals surface area (Å²) >= 11 is 0. The van der Waals surface area contributed by atoms with E-state index in [1.165, 1.54) is 12.8 Å². The van der Waals surface area contributed by atoms with E-state index in [1.807, 2.05) is 0 Å². The molecule has 0 aromatic heterocycles. The fourth-order valence-electron chi connectivity index (χ4n) is 0.703. The molecule has 60 valence electrons. The normalized spacial score (nSPS) is 12.2. The summed E-state index contributed by atoms with van der Waals surface area (Å²) in [5.41, 5.74) is 0. The molecular weight excluding hydrogens is 279 g/mol. The van der Waals surface area contributed by atoms with E-state index in [1.54, 1.807) is 0 Å². The van der Waals surface area contributed by atoms with Gasteiger partial charge in [-0.3, -0.25) is 4.57 Å². The van der Waals surface area contributed by atoms with Crippen LogP contribution in [0, 0.1) is 40.8 Å². The molecule has 0 rings (SSSR count). The van der Waals surface area contributed by atoms with E-state index in [0.717, 1.165) is 12.8 Å². The van der Waals surface area contributed by atoms with Crippen LogP contribution >= 0.6 is 8.03 Å². The van der Waals surface area contributed by atoms with E-state index < -0.39 is 8.03 Å². The number of rotatable bonds is 5. The molecule has 0 aliphatic carbocycles. The first-order chi connectivity index (χ1) is 4.27. The largest absolute Gasteiger partial charge is 0.346 e. The standard InChI is InChI=1S/C6H15O2P.Nd/c1-2-3-4-5-6-9(7)8;/h9H,2-6H2,1H3,(H,7,8);. The average molecular weight is 294 g/mol. The van der Waals surface area contributed by atoms with Gasteiger partial charge < -0.3 is 4.89 Å². The summed E-state index contributed by atoms with van der Waals surface area (Å²) in [7, 11) is -2.17. The quantitative estimate of drug-likeness (QED) is 0.622. The molecule has 0 aliphatic heterocycles. The van der Waals surface area contributed by atoms with Gasteiger partial charge in [-0.2, -0.15) is 0 Å². The molecule has 0 spiro atoms. The van der Waals surface area contributed by atoms with Gasteiger partial charge >= 0.3 is 0 Å². The van der Waals surface area contributed by atoms with Gasteiger partial charge in [-0.15, -0.1) is 0 Å². The Morgan fingerprint density at radius 1 is 1.30 bits per heavy atom. The summed E-state index contributed by atoms with van der Waals surface area (Å²) in [6, 6.07) is 0. The van der Waals surface area contributed by atoms with Gasteiger partial charge in [0.1, 0.15) is 0 Å². The monoisotopic (exact) mass is 292 g/mol. The Labute approximate surface area is 96.2 Å². The molecule has 0 aromatic carbocycles. The van der Waals surface area contributed by atoms with Crippen LogP contribution in [0.5, 0.6) is 0 Å². The summed E-state index contributed by atoms with van der Waals surface area (Å²) in [5.74, 6) is 0. The number of hydrogen-bond donors (Lipinski definition) is 1. The van der Waals surface area contributed by atoms with E-state index in [4.69, 9.17) is 4.89 Å². The molecule has 1 atom stereocenters. The summed E-state index contributed by atoms with van der Waals surface area (Å²) in [4.78, 5) is 8.40. The molecule has 1 N–H and O–H groups in total. The van der Waals surface area contributed by atoms with Crippen molar-refractivity contribution in [3.63, 3.8) is 0 Å². The number of hydrogen-bond acceptors (Lipinski definition) is 1. The zero-order chi connectivity index (χ0) is 7.11. The summed E-state index contributed by atoms with van der Waals surface area (Å²) < 4.78 is 10.1. The van der Waals surface area contributed by atoms with Gasteiger partial charge in [0, 0.05) is 47.0 Å². The van der Waals surface area contributed by atoms with Crippen molar-refractivity contribution in [2.45, 2.75) is 32.6 Å². The van der Waals surface area contributed by atoms with Crippen LogP contribution in [0.3, 0.4) is 0 Å². The van der Waals surface area contributed by atoms with Crippen molar-refractivity contribution in [1.82, 2.24) is 0 Å². The zero-order valence-electron chi connectivity index (χ0n) is 6.39. The predicted molar refractivity (Wildman–Crippen MR) is 40.2 cm³/mol. The fraction of sp³-hybridized carbons (Fsp3) is 1.00. The van der Waals surface area contributed by atoms with Gasteiger partial charge in [-0.25, -0.2) is 0 Å². The Balaban J connectivity index is 0. The maximum absolute atomic E-state index is 10.1. The molecule has 0 bridgehead atoms. The first kappa shape index (κ1) is 14.1. The third kappa shape index (κ3) is 12.2. The van der Waals surface area contributed by atoms with Crippen molar-refractivity contribution in [3.8, 4) is 0 Å². The molecule has 0 saturated heterocycles. The Morgan fingerprint density at radius 3 is 2.30 bits per heavy atom. The van der Waals surface area contributed by atoms with E-state index in [2.05, 4.69) is 6.92 Å². The zero-order valence-corrected chi connectivity index (χ0v) is 10.6. The molecule has 0 aromatic rings. The van der Waals surface area contributed by atoms with Crippen molar-refractivity contribution in [2.75, 3.05) is 6.16 Å². The third-order valence-corrected chi connectivity index (χ3v) is 2.03. The van der Waals surface area contributed by atoms with E-state index in [0.29, 0.717) is 6.16 Å². The van der Waals surface area contributed by atoms with Crippen LogP contribution in [-0.2, 0) is 4.57 Å². The van der Waals surface area contributed by atoms with Crippen LogP contribution in [0.25, 0.3) is 0 Å². The van der Waals surface area contributed by atoms with Gasteiger partial charge in [0.15, 0.2) is 8.03 Å². The second kappa shape index (κ2) is 10.5. The van der Waals surface area contributed by atoms with E-state index >= 15 is 0 Å². The van der Waals surface area contributed by atoms with Gasteiger partial charge in [-0.05, 0) is 6.42 Å². The first-order valence-electron chi connectivity index (χ1n) is 3.49. The maximum Gasteiger partial charge on any atom is 0.189 e. The minimum atomic E-state index is -2.17. The Bertz CT molecular complexity index is 87.8. The van der Waals surface area contributed by atoms with Crippen LogP contribution in [0.15, 0.2) is 0 Å². The maximum atomic E-state index is 10.1. The van der Waals surface area contributed by atoms with E-state index in [-0.39, 0.29) is 40.8 Å². The molecule has 0 heterocycles. The molecule has 0 saturated carbocycles. The number of unbranched alkanes of at least 4 members (excludes halogenated alkanes) is 3. The summed E-state index contributed by atoms with van der Waals surface area (Å²) in [5, 5.41) is 0. The molecule has 4 heteroatoms. The van der Waals surface area contributed by atoms with Crippen molar-refractivity contribution in [2.24, 2.45) is 0 Å². The molecule has 2 nitrogen and oxygen atoms in total.